The van der Waals surface area contributed by atoms with E-state index >= 15 is 0 Å². The molecule has 1 aromatic carbocycles. The number of nitrogens with two attached hydrogens (primary N) is 1. The van der Waals surface area contributed by atoms with Crippen LogP contribution in [0.1, 0.15) is 35.3 Å². The van der Waals surface area contributed by atoms with Crippen LogP contribution in [-0.2, 0) is 6.42 Å². The van der Waals surface area contributed by atoms with Gasteiger partial charge >= 0.3 is 5.97 Å². The summed E-state index contributed by atoms with van der Waals surface area (Å²) in [6.45, 7) is 3.14. The van der Waals surface area contributed by atoms with Crippen molar-refractivity contribution in [3.63, 3.8) is 0 Å². The summed E-state index contributed by atoms with van der Waals surface area (Å²) in [5.41, 5.74) is 7.64. The molecule has 0 bridgehead atoms. The molecule has 1 aromatic heterocycles. The number of benzene rings is 1. The fourth-order valence-electron chi connectivity index (χ4n) is 3.09. The number of pyridine rings is 1. The van der Waals surface area contributed by atoms with Crippen molar-refractivity contribution in [1.29, 1.82) is 0 Å². The van der Waals surface area contributed by atoms with E-state index in [9.17, 15) is 14.7 Å². The van der Waals surface area contributed by atoms with E-state index < -0.39 is 11.4 Å². The normalized spacial score (nSPS) is 16.7. The second kappa shape index (κ2) is 5.46. The number of rotatable bonds is 4. The van der Waals surface area contributed by atoms with Gasteiger partial charge in [-0.3, -0.25) is 4.79 Å². The van der Waals surface area contributed by atoms with E-state index in [-0.39, 0.29) is 11.6 Å². The van der Waals surface area contributed by atoms with Crippen molar-refractivity contribution in [2.75, 3.05) is 18.4 Å². The number of hydrogen-bond donors (Lipinski definition) is 3. The zero-order valence-corrected chi connectivity index (χ0v) is 12.4. The highest BCUT2D eigenvalue weighted by molar-refractivity contribution is 5.95. The summed E-state index contributed by atoms with van der Waals surface area (Å²) in [4.78, 5) is 23.9. The van der Waals surface area contributed by atoms with Crippen LogP contribution in [0.3, 0.4) is 0 Å². The number of carboxylic acid groups (broad SMARTS) is 1. The maximum atomic E-state index is 12.5. The van der Waals surface area contributed by atoms with Crippen molar-refractivity contribution in [1.82, 2.24) is 4.57 Å². The number of carboxylic acids is 1. The Morgan fingerprint density at radius 2 is 2.27 bits per heavy atom. The lowest BCUT2D eigenvalue weighted by atomic mass is 9.95. The Labute approximate surface area is 127 Å². The van der Waals surface area contributed by atoms with Crippen LogP contribution in [0, 0.1) is 0 Å². The largest absolute Gasteiger partial charge is 0.477 e. The van der Waals surface area contributed by atoms with Gasteiger partial charge in [-0.1, -0.05) is 0 Å². The molecule has 22 heavy (non-hydrogen) atoms. The SMILES string of the molecule is C[C@@H]1CCc2cc(NCCN)cc3c(=O)c(C(=O)O)cn1c23. The highest BCUT2D eigenvalue weighted by Crippen LogP contribution is 2.32. The summed E-state index contributed by atoms with van der Waals surface area (Å²) in [5.74, 6) is -1.18. The molecule has 0 radical (unpaired) electrons. The third-order valence-corrected chi connectivity index (χ3v) is 4.21. The predicted molar refractivity (Wildman–Crippen MR) is 85.7 cm³/mol. The minimum absolute atomic E-state index is 0.177. The molecule has 6 nitrogen and oxygen atoms in total. The van der Waals surface area contributed by atoms with Crippen molar-refractivity contribution in [3.05, 3.63) is 39.7 Å². The highest BCUT2D eigenvalue weighted by atomic mass is 16.4. The molecule has 0 amide bonds. The summed E-state index contributed by atoms with van der Waals surface area (Å²) in [7, 11) is 0. The van der Waals surface area contributed by atoms with Crippen LogP contribution in [0.15, 0.2) is 23.1 Å². The van der Waals surface area contributed by atoms with E-state index in [1.807, 2.05) is 17.6 Å². The lowest BCUT2D eigenvalue weighted by Gasteiger charge is -2.27. The van der Waals surface area contributed by atoms with E-state index in [4.69, 9.17) is 5.73 Å². The first-order valence-corrected chi connectivity index (χ1v) is 7.42. The molecule has 0 saturated carbocycles. The Balaban J connectivity index is 2.33. The molecule has 0 fully saturated rings. The lowest BCUT2D eigenvalue weighted by molar-refractivity contribution is 0.0694. The smallest absolute Gasteiger partial charge is 0.341 e. The van der Waals surface area contributed by atoms with Crippen molar-refractivity contribution in [2.24, 2.45) is 5.73 Å². The Morgan fingerprint density at radius 1 is 1.50 bits per heavy atom. The number of aryl methyl sites for hydroxylation is 1. The molecule has 4 N–H and O–H groups in total. The number of carbonyl (C=O) groups is 1. The fourth-order valence-corrected chi connectivity index (χ4v) is 3.09. The third-order valence-electron chi connectivity index (χ3n) is 4.21. The second-order valence-corrected chi connectivity index (χ2v) is 5.72. The Hall–Kier alpha value is -2.34. The van der Waals surface area contributed by atoms with Gasteiger partial charge in [0.1, 0.15) is 5.56 Å². The maximum Gasteiger partial charge on any atom is 0.341 e. The van der Waals surface area contributed by atoms with Gasteiger partial charge in [0.2, 0.25) is 5.43 Å². The van der Waals surface area contributed by atoms with Gasteiger partial charge in [-0.05, 0) is 37.5 Å². The zero-order chi connectivity index (χ0) is 15.9. The van der Waals surface area contributed by atoms with Crippen LogP contribution in [0.25, 0.3) is 10.9 Å². The van der Waals surface area contributed by atoms with Gasteiger partial charge in [-0.2, -0.15) is 0 Å². The van der Waals surface area contributed by atoms with Gasteiger partial charge in [-0.15, -0.1) is 0 Å². The first-order valence-electron chi connectivity index (χ1n) is 7.42. The van der Waals surface area contributed by atoms with E-state index in [0.717, 1.165) is 29.6 Å². The predicted octanol–water partition coefficient (Wildman–Crippen LogP) is 1.58. The lowest BCUT2D eigenvalue weighted by Crippen LogP contribution is -2.24. The molecule has 116 valence electrons. The number of anilines is 1. The minimum Gasteiger partial charge on any atom is -0.477 e. The summed E-state index contributed by atoms with van der Waals surface area (Å²) >= 11 is 0. The molecule has 0 unspecified atom stereocenters. The maximum absolute atomic E-state index is 12.5. The molecule has 6 heteroatoms. The average molecular weight is 301 g/mol. The first kappa shape index (κ1) is 14.6. The summed E-state index contributed by atoms with van der Waals surface area (Å²) in [6, 6.07) is 3.94. The standard InChI is InChI=1S/C16H19N3O3/c1-9-2-3-10-6-11(18-5-4-17)7-12-14(10)19(9)8-13(15(12)20)16(21)22/h6-9,18H,2-5,17H2,1H3,(H,21,22)/t9-/m1/s1. The Kier molecular flexibility index (Phi) is 3.62. The Bertz CT molecular complexity index is 810. The third kappa shape index (κ3) is 2.25. The summed E-state index contributed by atoms with van der Waals surface area (Å²) in [5, 5.41) is 12.9. The van der Waals surface area contributed by atoms with E-state index in [0.29, 0.717) is 18.5 Å². The number of nitrogens with zero attached hydrogens (tertiary/aromatic N) is 1. The molecule has 1 aliphatic rings. The molecular formula is C16H19N3O3. The number of aromatic carboxylic acids is 1. The highest BCUT2D eigenvalue weighted by Gasteiger charge is 2.23. The molecule has 1 aliphatic heterocycles. The van der Waals surface area contributed by atoms with Gasteiger partial charge in [0.05, 0.1) is 5.52 Å². The van der Waals surface area contributed by atoms with Crippen molar-refractivity contribution in [2.45, 2.75) is 25.8 Å². The molecule has 3 rings (SSSR count). The van der Waals surface area contributed by atoms with Crippen molar-refractivity contribution < 1.29 is 9.90 Å². The van der Waals surface area contributed by atoms with Crippen LogP contribution in [0.2, 0.25) is 0 Å². The molecule has 0 saturated heterocycles. The summed E-state index contributed by atoms with van der Waals surface area (Å²) < 4.78 is 1.92. The van der Waals surface area contributed by atoms with E-state index in [1.165, 1.54) is 6.20 Å². The average Bonchev–Trinajstić information content (AvgIpc) is 2.50. The zero-order valence-electron chi connectivity index (χ0n) is 12.4. The van der Waals surface area contributed by atoms with Crippen molar-refractivity contribution in [3.8, 4) is 0 Å². The van der Waals surface area contributed by atoms with E-state index in [2.05, 4.69) is 5.32 Å². The van der Waals surface area contributed by atoms with Gasteiger partial charge in [-0.25, -0.2) is 4.79 Å². The van der Waals surface area contributed by atoms with Gasteiger partial charge < -0.3 is 20.7 Å². The van der Waals surface area contributed by atoms with Crippen LogP contribution in [0.5, 0.6) is 0 Å². The van der Waals surface area contributed by atoms with Crippen LogP contribution in [0.4, 0.5) is 5.69 Å². The molecule has 1 atom stereocenters. The number of nitrogens with one attached hydrogen (secondary N) is 1. The van der Waals surface area contributed by atoms with E-state index in [1.54, 1.807) is 6.07 Å². The van der Waals surface area contributed by atoms with Crippen LogP contribution in [-0.4, -0.2) is 28.7 Å². The first-order chi connectivity index (χ1) is 10.5. The molecule has 2 heterocycles. The quantitative estimate of drug-likeness (QED) is 0.796. The molecular weight excluding hydrogens is 282 g/mol. The van der Waals surface area contributed by atoms with Crippen LogP contribution < -0.4 is 16.5 Å². The number of aromatic nitrogens is 1. The topological polar surface area (TPSA) is 97.3 Å². The second-order valence-electron chi connectivity index (χ2n) is 5.72. The molecule has 0 aliphatic carbocycles. The van der Waals surface area contributed by atoms with Crippen LogP contribution >= 0.6 is 0 Å². The fraction of sp³-hybridized carbons (Fsp3) is 0.375. The monoisotopic (exact) mass is 301 g/mol. The number of hydrogen-bond acceptors (Lipinski definition) is 4. The van der Waals surface area contributed by atoms with Gasteiger partial charge in [0.15, 0.2) is 0 Å². The Morgan fingerprint density at radius 3 is 2.95 bits per heavy atom. The summed E-state index contributed by atoms with van der Waals surface area (Å²) in [6.07, 6.45) is 3.28. The van der Waals surface area contributed by atoms with Gasteiger partial charge in [0.25, 0.3) is 0 Å². The van der Waals surface area contributed by atoms with Gasteiger partial charge in [0, 0.05) is 36.4 Å². The molecule has 2 aromatic rings. The molecule has 0 spiro atoms. The minimum atomic E-state index is -1.18. The van der Waals surface area contributed by atoms with Crippen molar-refractivity contribution >= 4 is 22.6 Å².